The zero-order chi connectivity index (χ0) is 24.4. The summed E-state index contributed by atoms with van der Waals surface area (Å²) in [6.45, 7) is 1.84. The Hall–Kier alpha value is -4.30. The molecule has 4 aromatic rings. The van der Waals surface area contributed by atoms with Crippen LogP contribution in [0.1, 0.15) is 11.1 Å². The van der Waals surface area contributed by atoms with Gasteiger partial charge in [-0.05, 0) is 30.7 Å². The molecule has 0 spiro atoms. The number of carbonyl (C=O) groups excluding carboxylic acids is 2. The molecular formula is C27H23N5O2S. The summed E-state index contributed by atoms with van der Waals surface area (Å²) < 4.78 is 1.69. The molecule has 3 aromatic carbocycles. The number of hydrogen-bond acceptors (Lipinski definition) is 5. The van der Waals surface area contributed by atoms with Crippen molar-refractivity contribution in [1.82, 2.24) is 4.68 Å². The van der Waals surface area contributed by atoms with Crippen molar-refractivity contribution in [3.8, 4) is 11.3 Å². The molecule has 0 radical (unpaired) electrons. The second-order valence-electron chi connectivity index (χ2n) is 8.08. The van der Waals surface area contributed by atoms with Crippen molar-refractivity contribution < 1.29 is 9.59 Å². The Morgan fingerprint density at radius 3 is 2.54 bits per heavy atom. The van der Waals surface area contributed by atoms with E-state index >= 15 is 0 Å². The number of amides is 2. The topological polar surface area (TPSA) is 79.1 Å². The third-order valence-electron chi connectivity index (χ3n) is 5.65. The summed E-state index contributed by atoms with van der Waals surface area (Å²) in [5.41, 5.74) is 5.15. The molecule has 5 rings (SSSR count). The molecule has 0 saturated heterocycles. The van der Waals surface area contributed by atoms with Crippen LogP contribution in [0.15, 0.2) is 94.3 Å². The summed E-state index contributed by atoms with van der Waals surface area (Å²) >= 11 is 1.45. The van der Waals surface area contributed by atoms with E-state index < -0.39 is 0 Å². The molecule has 2 heterocycles. The Bertz CT molecular complexity index is 1520. The van der Waals surface area contributed by atoms with Crippen molar-refractivity contribution in [2.75, 3.05) is 23.8 Å². The van der Waals surface area contributed by atoms with Crippen molar-refractivity contribution >= 4 is 40.2 Å². The highest BCUT2D eigenvalue weighted by atomic mass is 32.1. The smallest absolute Gasteiger partial charge is 0.279 e. The van der Waals surface area contributed by atoms with Gasteiger partial charge < -0.3 is 5.32 Å². The second kappa shape index (κ2) is 9.52. The first-order valence-electron chi connectivity index (χ1n) is 11.1. The van der Waals surface area contributed by atoms with E-state index in [0.717, 1.165) is 16.8 Å². The van der Waals surface area contributed by atoms with Crippen LogP contribution in [0.2, 0.25) is 0 Å². The maximum atomic E-state index is 13.6. The molecule has 0 unspecified atom stereocenters. The van der Waals surface area contributed by atoms with Crippen molar-refractivity contribution in [3.05, 3.63) is 100 Å². The van der Waals surface area contributed by atoms with Gasteiger partial charge in [0.25, 0.3) is 5.91 Å². The average molecular weight is 482 g/mol. The van der Waals surface area contributed by atoms with E-state index in [1.54, 1.807) is 11.7 Å². The number of aromatic nitrogens is 1. The number of nitrogens with zero attached hydrogens (tertiary/aromatic N) is 4. The monoisotopic (exact) mass is 481 g/mol. The van der Waals surface area contributed by atoms with Gasteiger partial charge in [-0.1, -0.05) is 60.7 Å². The van der Waals surface area contributed by atoms with Gasteiger partial charge in [0.1, 0.15) is 6.54 Å². The van der Waals surface area contributed by atoms with Gasteiger partial charge in [0, 0.05) is 29.2 Å². The van der Waals surface area contributed by atoms with E-state index in [2.05, 4.69) is 10.3 Å². The minimum Gasteiger partial charge on any atom is -0.325 e. The quantitative estimate of drug-likeness (QED) is 0.461. The number of carbonyl (C=O) groups is 2. The van der Waals surface area contributed by atoms with Crippen LogP contribution in [0.5, 0.6) is 0 Å². The van der Waals surface area contributed by atoms with E-state index in [0.29, 0.717) is 21.7 Å². The lowest BCUT2D eigenvalue weighted by Crippen LogP contribution is -2.37. The van der Waals surface area contributed by atoms with Crippen LogP contribution in [-0.2, 0) is 9.59 Å². The van der Waals surface area contributed by atoms with Gasteiger partial charge in [-0.2, -0.15) is 5.10 Å². The molecule has 1 aliphatic heterocycles. The number of hydrogen-bond donors (Lipinski definition) is 1. The number of para-hydroxylation sites is 1. The Kier molecular flexibility index (Phi) is 6.12. The summed E-state index contributed by atoms with van der Waals surface area (Å²) in [6, 6.07) is 24.8. The van der Waals surface area contributed by atoms with Gasteiger partial charge >= 0.3 is 0 Å². The Morgan fingerprint density at radius 1 is 1.00 bits per heavy atom. The van der Waals surface area contributed by atoms with E-state index in [-0.39, 0.29) is 24.1 Å². The predicted octanol–water partition coefficient (Wildman–Crippen LogP) is 4.29. The van der Waals surface area contributed by atoms with Crippen LogP contribution < -0.4 is 15.0 Å². The summed E-state index contributed by atoms with van der Waals surface area (Å²) in [5, 5.41) is 9.62. The predicted molar refractivity (Wildman–Crippen MR) is 140 cm³/mol. The minimum absolute atomic E-state index is 0.117. The minimum atomic E-state index is -0.328. The number of thiazole rings is 1. The van der Waals surface area contributed by atoms with Gasteiger partial charge in [-0.15, -0.1) is 11.3 Å². The summed E-state index contributed by atoms with van der Waals surface area (Å²) in [6.07, 6.45) is 0. The number of anilines is 2. The Balaban J connectivity index is 1.51. The number of nitrogens with one attached hydrogen (secondary N) is 1. The lowest BCUT2D eigenvalue weighted by molar-refractivity contribution is -0.118. The highest BCUT2D eigenvalue weighted by molar-refractivity contribution is 7.07. The number of aryl methyl sites for hydroxylation is 1. The normalized spacial score (nSPS) is 14.5. The first kappa shape index (κ1) is 22.5. The lowest BCUT2D eigenvalue weighted by atomic mass is 10.1. The van der Waals surface area contributed by atoms with Crippen LogP contribution in [0.25, 0.3) is 11.3 Å². The summed E-state index contributed by atoms with van der Waals surface area (Å²) in [7, 11) is 1.70. The van der Waals surface area contributed by atoms with Gasteiger partial charge in [0.2, 0.25) is 10.7 Å². The molecule has 0 saturated carbocycles. The van der Waals surface area contributed by atoms with Crippen LogP contribution in [0, 0.1) is 6.92 Å². The third kappa shape index (κ3) is 4.43. The van der Waals surface area contributed by atoms with Gasteiger partial charge in [-0.3, -0.25) is 19.5 Å². The van der Waals surface area contributed by atoms with Crippen LogP contribution in [0.4, 0.5) is 11.4 Å². The highest BCUT2D eigenvalue weighted by Gasteiger charge is 2.35. The molecule has 7 nitrogen and oxygen atoms in total. The number of fused-ring (bicyclic) bond motifs is 1. The molecule has 0 atom stereocenters. The molecule has 174 valence electrons. The van der Waals surface area contributed by atoms with Crippen molar-refractivity contribution in [1.29, 1.82) is 0 Å². The molecule has 1 N–H and O–H groups in total. The molecule has 0 aliphatic carbocycles. The second-order valence-corrected chi connectivity index (χ2v) is 8.92. The van der Waals surface area contributed by atoms with Crippen LogP contribution >= 0.6 is 11.3 Å². The standard InChI is InChI=1S/C27H23N5O2S/c1-18-9-8-12-20(15-18)29-24(33)16-31-22-14-7-6-13-21(22)25(26(31)34)30-32-23(17-35-27(32)28-2)19-10-4-3-5-11-19/h3-15,17H,16H2,1-2H3,(H,29,33). The molecule has 0 fully saturated rings. The average Bonchev–Trinajstić information content (AvgIpc) is 3.39. The molecule has 0 bridgehead atoms. The largest absolute Gasteiger partial charge is 0.325 e. The molecule has 1 aromatic heterocycles. The fourth-order valence-corrected chi connectivity index (χ4v) is 4.83. The van der Waals surface area contributed by atoms with E-state index in [1.165, 1.54) is 16.2 Å². The highest BCUT2D eigenvalue weighted by Crippen LogP contribution is 2.30. The number of rotatable bonds is 5. The first-order valence-corrected chi connectivity index (χ1v) is 12.0. The Morgan fingerprint density at radius 2 is 1.77 bits per heavy atom. The third-order valence-corrected chi connectivity index (χ3v) is 6.55. The molecule has 8 heteroatoms. The zero-order valence-corrected chi connectivity index (χ0v) is 20.1. The van der Waals surface area contributed by atoms with Gasteiger partial charge in [0.15, 0.2) is 5.71 Å². The van der Waals surface area contributed by atoms with Gasteiger partial charge in [-0.25, -0.2) is 4.68 Å². The van der Waals surface area contributed by atoms with Crippen molar-refractivity contribution in [2.24, 2.45) is 10.1 Å². The van der Waals surface area contributed by atoms with Crippen LogP contribution in [0.3, 0.4) is 0 Å². The fourth-order valence-electron chi connectivity index (χ4n) is 4.04. The maximum Gasteiger partial charge on any atom is 0.279 e. The molecule has 35 heavy (non-hydrogen) atoms. The Labute approximate surface area is 206 Å². The van der Waals surface area contributed by atoms with Gasteiger partial charge in [0.05, 0.1) is 11.4 Å². The summed E-state index contributed by atoms with van der Waals surface area (Å²) in [4.78, 5) is 32.9. The number of benzene rings is 3. The van der Waals surface area contributed by atoms with Crippen molar-refractivity contribution in [2.45, 2.75) is 6.92 Å². The van der Waals surface area contributed by atoms with Crippen LogP contribution in [-0.4, -0.2) is 35.8 Å². The zero-order valence-electron chi connectivity index (χ0n) is 19.3. The molecule has 1 aliphatic rings. The SMILES string of the molecule is CN=c1scc(-c2ccccc2)n1N=C1C(=O)N(CC(=O)Nc2cccc(C)c2)c2ccccc21. The molecule has 2 amide bonds. The first-order chi connectivity index (χ1) is 17.0. The van der Waals surface area contributed by atoms with E-state index in [9.17, 15) is 9.59 Å². The lowest BCUT2D eigenvalue weighted by Gasteiger charge is -2.16. The van der Waals surface area contributed by atoms with Crippen molar-refractivity contribution in [3.63, 3.8) is 0 Å². The fraction of sp³-hybridized carbons (Fsp3) is 0.111. The molecular weight excluding hydrogens is 458 g/mol. The maximum absolute atomic E-state index is 13.6. The summed E-state index contributed by atoms with van der Waals surface area (Å²) in [5.74, 6) is -0.609. The van der Waals surface area contributed by atoms with E-state index in [1.807, 2.05) is 91.2 Å². The van der Waals surface area contributed by atoms with E-state index in [4.69, 9.17) is 5.10 Å².